The lowest BCUT2D eigenvalue weighted by Gasteiger charge is -2.15. The average molecular weight is 296 g/mol. The number of nitrogens with zero attached hydrogens (tertiary/aromatic N) is 1. The molecule has 2 aromatic rings. The van der Waals surface area contributed by atoms with E-state index in [0.717, 1.165) is 17.1 Å². The van der Waals surface area contributed by atoms with Crippen molar-refractivity contribution in [3.05, 3.63) is 38.5 Å². The van der Waals surface area contributed by atoms with Crippen LogP contribution in [0.5, 0.6) is 0 Å². The number of thiophene rings is 1. The first-order valence-corrected chi connectivity index (χ1v) is 7.67. The van der Waals surface area contributed by atoms with Crippen LogP contribution in [0.4, 0.5) is 0 Å². The lowest BCUT2D eigenvalue weighted by molar-refractivity contribution is -0.125. The summed E-state index contributed by atoms with van der Waals surface area (Å²) >= 11 is 3.27. The van der Waals surface area contributed by atoms with Crippen molar-refractivity contribution >= 4 is 28.6 Å². The summed E-state index contributed by atoms with van der Waals surface area (Å²) in [4.78, 5) is 17.4. The molecular weight excluding hydrogens is 280 g/mol. The minimum atomic E-state index is -0.114. The molecule has 19 heavy (non-hydrogen) atoms. The van der Waals surface area contributed by atoms with Gasteiger partial charge in [-0.2, -0.15) is 0 Å². The Bertz CT molecular complexity index is 522. The Morgan fingerprint density at radius 1 is 1.53 bits per heavy atom. The van der Waals surface area contributed by atoms with E-state index >= 15 is 0 Å². The van der Waals surface area contributed by atoms with Gasteiger partial charge in [0.2, 0.25) is 5.91 Å². The fraction of sp³-hybridized carbons (Fsp3) is 0.385. The van der Waals surface area contributed by atoms with Gasteiger partial charge in [0.25, 0.3) is 0 Å². The van der Waals surface area contributed by atoms with Crippen molar-refractivity contribution in [1.82, 2.24) is 10.3 Å². The first-order chi connectivity index (χ1) is 9.19. The minimum absolute atomic E-state index is 0.0747. The van der Waals surface area contributed by atoms with E-state index in [1.54, 1.807) is 22.7 Å². The normalized spacial score (nSPS) is 12.3. The molecular formula is C13H16N2O2S2. The minimum Gasteiger partial charge on any atom is -0.375 e. The first-order valence-electron chi connectivity index (χ1n) is 5.91. The van der Waals surface area contributed by atoms with Gasteiger partial charge in [0.15, 0.2) is 0 Å². The van der Waals surface area contributed by atoms with E-state index in [1.807, 2.05) is 23.8 Å². The zero-order valence-corrected chi connectivity index (χ0v) is 12.5. The predicted molar refractivity (Wildman–Crippen MR) is 77.6 cm³/mol. The van der Waals surface area contributed by atoms with Crippen LogP contribution < -0.4 is 5.32 Å². The summed E-state index contributed by atoms with van der Waals surface area (Å²) in [5.41, 5.74) is 0.983. The fourth-order valence-corrected chi connectivity index (χ4v) is 3.33. The Hall–Kier alpha value is -1.24. The summed E-state index contributed by atoms with van der Waals surface area (Å²) < 4.78 is 4.85. The molecule has 0 bridgehead atoms. The molecule has 1 unspecified atom stereocenters. The molecule has 1 amide bonds. The Balaban J connectivity index is 2.10. The van der Waals surface area contributed by atoms with Gasteiger partial charge in [-0.05, 0) is 18.4 Å². The summed E-state index contributed by atoms with van der Waals surface area (Å²) in [6.07, 6.45) is 0.764. The molecule has 0 fully saturated rings. The number of methoxy groups -OCH3 is 1. The predicted octanol–water partition coefficient (Wildman–Crippen LogP) is 2.56. The Morgan fingerprint density at radius 3 is 2.95 bits per heavy atom. The third kappa shape index (κ3) is 4.12. The highest BCUT2D eigenvalue weighted by Gasteiger charge is 2.18. The number of amides is 1. The van der Waals surface area contributed by atoms with Crippen molar-refractivity contribution in [3.63, 3.8) is 0 Å². The van der Waals surface area contributed by atoms with Gasteiger partial charge in [-0.1, -0.05) is 6.07 Å². The molecule has 0 saturated carbocycles. The van der Waals surface area contributed by atoms with E-state index in [0.29, 0.717) is 0 Å². The molecule has 0 aliphatic carbocycles. The van der Waals surface area contributed by atoms with Gasteiger partial charge >= 0.3 is 0 Å². The highest BCUT2D eigenvalue weighted by Crippen LogP contribution is 2.24. The Morgan fingerprint density at radius 2 is 2.37 bits per heavy atom. The smallest absolute Gasteiger partial charge is 0.246 e. The molecule has 0 spiro atoms. The van der Waals surface area contributed by atoms with Crippen molar-refractivity contribution in [2.24, 2.45) is 0 Å². The van der Waals surface area contributed by atoms with Gasteiger partial charge in [-0.3, -0.25) is 4.79 Å². The van der Waals surface area contributed by atoms with E-state index in [2.05, 4.69) is 16.4 Å². The first kappa shape index (κ1) is 14.2. The highest BCUT2D eigenvalue weighted by atomic mass is 32.1. The summed E-state index contributed by atoms with van der Waals surface area (Å²) in [5, 5.41) is 7.95. The molecule has 2 heterocycles. The number of ether oxygens (including phenoxy) is 1. The van der Waals surface area contributed by atoms with Gasteiger partial charge < -0.3 is 10.1 Å². The van der Waals surface area contributed by atoms with Crippen LogP contribution in [-0.4, -0.2) is 24.6 Å². The number of rotatable bonds is 6. The molecule has 0 aliphatic rings. The molecule has 0 radical (unpaired) electrons. The van der Waals surface area contributed by atoms with Crippen LogP contribution in [0.25, 0.3) is 0 Å². The van der Waals surface area contributed by atoms with Crippen LogP contribution in [0.15, 0.2) is 22.9 Å². The van der Waals surface area contributed by atoms with Crippen molar-refractivity contribution < 1.29 is 9.53 Å². The third-order valence-electron chi connectivity index (χ3n) is 2.53. The van der Waals surface area contributed by atoms with Gasteiger partial charge in [-0.25, -0.2) is 4.98 Å². The van der Waals surface area contributed by atoms with E-state index in [9.17, 15) is 4.79 Å². The number of thiazole rings is 1. The van der Waals surface area contributed by atoms with Crippen molar-refractivity contribution in [1.29, 1.82) is 0 Å². The van der Waals surface area contributed by atoms with Crippen molar-refractivity contribution in [2.75, 3.05) is 13.7 Å². The fourth-order valence-electron chi connectivity index (χ4n) is 1.73. The Kier molecular flexibility index (Phi) is 5.07. The monoisotopic (exact) mass is 296 g/mol. The SMILES string of the molecule is COCC(=O)NC(Cc1cccs1)c1nc(C)cs1. The van der Waals surface area contributed by atoms with Crippen LogP contribution in [-0.2, 0) is 16.0 Å². The quantitative estimate of drug-likeness (QED) is 0.891. The lowest BCUT2D eigenvalue weighted by atomic mass is 10.2. The largest absolute Gasteiger partial charge is 0.375 e. The zero-order valence-electron chi connectivity index (χ0n) is 10.9. The number of nitrogens with one attached hydrogen (secondary N) is 1. The summed E-state index contributed by atoms with van der Waals surface area (Å²) in [6.45, 7) is 2.03. The molecule has 2 aromatic heterocycles. The molecule has 6 heteroatoms. The van der Waals surface area contributed by atoms with Gasteiger partial charge in [0.1, 0.15) is 11.6 Å². The van der Waals surface area contributed by atoms with Gasteiger partial charge in [-0.15, -0.1) is 22.7 Å². The second-order valence-corrected chi connectivity index (χ2v) is 6.09. The maximum atomic E-state index is 11.7. The summed E-state index contributed by atoms with van der Waals surface area (Å²) in [7, 11) is 1.52. The number of aryl methyl sites for hydroxylation is 1. The molecule has 2 rings (SSSR count). The number of carbonyl (C=O) groups is 1. The second-order valence-electron chi connectivity index (χ2n) is 4.16. The Labute approximate surface area is 120 Å². The molecule has 0 aromatic carbocycles. The molecule has 1 atom stereocenters. The number of hydrogen-bond acceptors (Lipinski definition) is 5. The lowest BCUT2D eigenvalue weighted by Crippen LogP contribution is -2.32. The molecule has 0 saturated heterocycles. The molecule has 0 aliphatic heterocycles. The van der Waals surface area contributed by atoms with Crippen LogP contribution in [0.3, 0.4) is 0 Å². The van der Waals surface area contributed by atoms with E-state index < -0.39 is 0 Å². The van der Waals surface area contributed by atoms with Crippen molar-refractivity contribution in [2.45, 2.75) is 19.4 Å². The number of hydrogen-bond donors (Lipinski definition) is 1. The van der Waals surface area contributed by atoms with Crippen LogP contribution >= 0.6 is 22.7 Å². The number of aromatic nitrogens is 1. The van der Waals surface area contributed by atoms with Crippen molar-refractivity contribution in [3.8, 4) is 0 Å². The molecule has 102 valence electrons. The highest BCUT2D eigenvalue weighted by molar-refractivity contribution is 7.10. The van der Waals surface area contributed by atoms with E-state index in [-0.39, 0.29) is 18.6 Å². The maximum absolute atomic E-state index is 11.7. The zero-order chi connectivity index (χ0) is 13.7. The summed E-state index contributed by atoms with van der Waals surface area (Å²) in [5.74, 6) is -0.114. The average Bonchev–Trinajstić information content (AvgIpc) is 3.00. The van der Waals surface area contributed by atoms with E-state index in [4.69, 9.17) is 4.74 Å². The standard InChI is InChI=1S/C13H16N2O2S2/c1-9-8-19-13(14-9)11(15-12(16)7-17-2)6-10-4-3-5-18-10/h3-5,8,11H,6-7H2,1-2H3,(H,15,16). The summed E-state index contributed by atoms with van der Waals surface area (Å²) in [6, 6.07) is 4.00. The maximum Gasteiger partial charge on any atom is 0.246 e. The van der Waals surface area contributed by atoms with E-state index in [1.165, 1.54) is 12.0 Å². The van der Waals surface area contributed by atoms with Crippen LogP contribution in [0, 0.1) is 6.92 Å². The topological polar surface area (TPSA) is 51.2 Å². The molecule has 4 nitrogen and oxygen atoms in total. The van der Waals surface area contributed by atoms with Crippen LogP contribution in [0.1, 0.15) is 21.6 Å². The molecule has 1 N–H and O–H groups in total. The third-order valence-corrected chi connectivity index (χ3v) is 4.51. The van der Waals surface area contributed by atoms with Crippen LogP contribution in [0.2, 0.25) is 0 Å². The van der Waals surface area contributed by atoms with Gasteiger partial charge in [0, 0.05) is 29.5 Å². The van der Waals surface area contributed by atoms with Gasteiger partial charge in [0.05, 0.1) is 6.04 Å². The second kappa shape index (κ2) is 6.79. The number of carbonyl (C=O) groups excluding carboxylic acids is 1.